The highest BCUT2D eigenvalue weighted by Gasteiger charge is 2.23. The van der Waals surface area contributed by atoms with Crippen molar-refractivity contribution in [2.45, 2.75) is 79.1 Å². The Kier molecular flexibility index (Phi) is 16.1. The first-order valence-corrected chi connectivity index (χ1v) is 18.2. The zero-order chi connectivity index (χ0) is 34.0. The molecular weight excluding hydrogens is 612 g/mol. The average molecular weight is 671 g/mol. The van der Waals surface area contributed by atoms with Gasteiger partial charge in [-0.1, -0.05) is 53.4 Å². The van der Waals surface area contributed by atoms with Crippen molar-refractivity contribution >= 4 is 28.8 Å². The van der Waals surface area contributed by atoms with Crippen LogP contribution in [-0.2, 0) is 9.47 Å². The summed E-state index contributed by atoms with van der Waals surface area (Å²) in [5.74, 6) is 2.64. The molecule has 48 heavy (non-hydrogen) atoms. The molecule has 268 valence electrons. The highest BCUT2D eigenvalue weighted by molar-refractivity contribution is 6.02. The number of hydrogen-bond donors (Lipinski definition) is 2. The van der Waals surface area contributed by atoms with E-state index in [4.69, 9.17) is 28.4 Å². The summed E-state index contributed by atoms with van der Waals surface area (Å²) in [6.07, 6.45) is 7.73. The molecule has 2 aliphatic heterocycles. The minimum Gasteiger partial charge on any atom is -0.491 e. The van der Waals surface area contributed by atoms with Gasteiger partial charge in [-0.05, 0) is 25.7 Å². The van der Waals surface area contributed by atoms with Gasteiger partial charge in [0.1, 0.15) is 23.0 Å². The predicted molar refractivity (Wildman–Crippen MR) is 193 cm³/mol. The van der Waals surface area contributed by atoms with E-state index in [9.17, 15) is 4.79 Å². The number of amides is 2. The topological polar surface area (TPSA) is 103 Å². The summed E-state index contributed by atoms with van der Waals surface area (Å²) in [7, 11) is 0. The lowest BCUT2D eigenvalue weighted by atomic mass is 10.2. The third-order valence-corrected chi connectivity index (χ3v) is 8.34. The summed E-state index contributed by atoms with van der Waals surface area (Å²) in [5, 5.41) is 6.14. The molecule has 0 aromatic heterocycles. The Morgan fingerprint density at radius 3 is 1.23 bits per heavy atom. The maximum atomic E-state index is 13.8. The molecule has 2 amide bonds. The van der Waals surface area contributed by atoms with Crippen LogP contribution in [0.1, 0.15) is 79.1 Å². The molecule has 2 saturated heterocycles. The second-order valence-corrected chi connectivity index (χ2v) is 12.2. The van der Waals surface area contributed by atoms with E-state index in [2.05, 4.69) is 48.1 Å². The average Bonchev–Trinajstić information content (AvgIpc) is 3.11. The zero-order valence-electron chi connectivity index (χ0n) is 29.7. The standard InChI is InChI=1S/C37H58N4O7/c1-5-9-17-45-33-27-31(40-13-21-43-22-14-40)35(47-19-11-7-3)25-29(33)38-37(42)39-30-26-36(48-20-12-8-4)32(41-15-23-44-24-16-41)28-34(30)46-18-10-6-2/h25-28H,5-24H2,1-4H3,(H2,38,39,42). The Labute approximate surface area is 287 Å². The van der Waals surface area contributed by atoms with Crippen LogP contribution in [0.15, 0.2) is 24.3 Å². The SMILES string of the molecule is CCCCOc1cc(N2CCOCC2)c(OCCCC)cc1NC(=O)Nc1cc(OCCCC)c(N2CCOCC2)cc1OCCCC. The number of carbonyl (C=O) groups is 1. The van der Waals surface area contributed by atoms with Crippen LogP contribution in [0.3, 0.4) is 0 Å². The maximum Gasteiger partial charge on any atom is 0.323 e. The van der Waals surface area contributed by atoms with Gasteiger partial charge in [-0.3, -0.25) is 0 Å². The molecule has 0 spiro atoms. The number of ether oxygens (including phenoxy) is 6. The fraction of sp³-hybridized carbons (Fsp3) is 0.649. The van der Waals surface area contributed by atoms with Gasteiger partial charge in [0.05, 0.1) is 75.6 Å². The van der Waals surface area contributed by atoms with Crippen molar-refractivity contribution in [3.05, 3.63) is 24.3 Å². The molecule has 2 N–H and O–H groups in total. The fourth-order valence-electron chi connectivity index (χ4n) is 5.45. The van der Waals surface area contributed by atoms with Gasteiger partial charge < -0.3 is 48.9 Å². The molecule has 4 rings (SSSR count). The van der Waals surface area contributed by atoms with Crippen LogP contribution in [0.4, 0.5) is 27.5 Å². The number of anilines is 4. The lowest BCUT2D eigenvalue weighted by Gasteiger charge is -2.31. The van der Waals surface area contributed by atoms with E-state index in [-0.39, 0.29) is 0 Å². The number of benzene rings is 2. The van der Waals surface area contributed by atoms with Gasteiger partial charge in [0.25, 0.3) is 0 Å². The molecular formula is C37H58N4O7. The van der Waals surface area contributed by atoms with Gasteiger partial charge in [0, 0.05) is 50.4 Å². The van der Waals surface area contributed by atoms with Crippen molar-refractivity contribution in [2.75, 3.05) is 99.5 Å². The van der Waals surface area contributed by atoms with E-state index in [0.717, 1.165) is 88.9 Å². The Morgan fingerprint density at radius 2 is 0.896 bits per heavy atom. The third-order valence-electron chi connectivity index (χ3n) is 8.34. The molecule has 11 heteroatoms. The van der Waals surface area contributed by atoms with Crippen LogP contribution in [0.25, 0.3) is 0 Å². The summed E-state index contributed by atoms with van der Waals surface area (Å²) in [6.45, 7) is 16.5. The smallest absolute Gasteiger partial charge is 0.323 e. The molecule has 0 unspecified atom stereocenters. The number of carbonyl (C=O) groups excluding carboxylic acids is 1. The summed E-state index contributed by atoms with van der Waals surface area (Å²) in [5.41, 5.74) is 2.99. The number of morpholine rings is 2. The zero-order valence-corrected chi connectivity index (χ0v) is 29.7. The molecule has 2 aliphatic rings. The minimum atomic E-state index is -0.409. The Hall–Kier alpha value is -3.57. The van der Waals surface area contributed by atoms with E-state index in [1.165, 1.54) is 0 Å². The molecule has 0 atom stereocenters. The van der Waals surface area contributed by atoms with E-state index in [0.29, 0.717) is 87.2 Å². The number of rotatable bonds is 20. The van der Waals surface area contributed by atoms with E-state index < -0.39 is 6.03 Å². The summed E-state index contributed by atoms with van der Waals surface area (Å²) >= 11 is 0. The monoisotopic (exact) mass is 670 g/mol. The highest BCUT2D eigenvalue weighted by atomic mass is 16.5. The molecule has 11 nitrogen and oxygen atoms in total. The maximum absolute atomic E-state index is 13.8. The molecule has 0 saturated carbocycles. The van der Waals surface area contributed by atoms with E-state index in [1.807, 2.05) is 24.3 Å². The van der Waals surface area contributed by atoms with Crippen LogP contribution >= 0.6 is 0 Å². The number of nitrogens with one attached hydrogen (secondary N) is 2. The van der Waals surface area contributed by atoms with Crippen LogP contribution in [-0.4, -0.2) is 85.1 Å². The first kappa shape index (κ1) is 37.3. The molecule has 2 fully saturated rings. The second-order valence-electron chi connectivity index (χ2n) is 12.2. The van der Waals surface area contributed by atoms with Crippen LogP contribution < -0.4 is 39.4 Å². The third kappa shape index (κ3) is 11.3. The van der Waals surface area contributed by atoms with Crippen LogP contribution in [0.5, 0.6) is 23.0 Å². The van der Waals surface area contributed by atoms with Gasteiger partial charge in [-0.15, -0.1) is 0 Å². The predicted octanol–water partition coefficient (Wildman–Crippen LogP) is 7.72. The van der Waals surface area contributed by atoms with Gasteiger partial charge in [-0.2, -0.15) is 0 Å². The molecule has 0 aliphatic carbocycles. The second kappa shape index (κ2) is 20.7. The van der Waals surface area contributed by atoms with Gasteiger partial charge in [0.2, 0.25) is 0 Å². The van der Waals surface area contributed by atoms with Crippen molar-refractivity contribution in [1.29, 1.82) is 0 Å². The molecule has 2 aromatic rings. The number of hydrogen-bond acceptors (Lipinski definition) is 9. The van der Waals surface area contributed by atoms with Gasteiger partial charge in [-0.25, -0.2) is 4.79 Å². The van der Waals surface area contributed by atoms with Crippen molar-refractivity contribution in [3.8, 4) is 23.0 Å². The molecule has 0 radical (unpaired) electrons. The summed E-state index contributed by atoms with van der Waals surface area (Å²) < 4.78 is 36.4. The van der Waals surface area contributed by atoms with Gasteiger partial charge in [0.15, 0.2) is 0 Å². The van der Waals surface area contributed by atoms with Crippen molar-refractivity contribution < 1.29 is 33.2 Å². The summed E-state index contributed by atoms with van der Waals surface area (Å²) in [4.78, 5) is 18.3. The molecule has 2 aromatic carbocycles. The lowest BCUT2D eigenvalue weighted by molar-refractivity contribution is 0.122. The van der Waals surface area contributed by atoms with Crippen molar-refractivity contribution in [1.82, 2.24) is 0 Å². The summed E-state index contributed by atoms with van der Waals surface area (Å²) in [6, 6.07) is 7.36. The molecule has 2 heterocycles. The lowest BCUT2D eigenvalue weighted by Crippen LogP contribution is -2.36. The Morgan fingerprint density at radius 1 is 0.562 bits per heavy atom. The van der Waals surface area contributed by atoms with Gasteiger partial charge >= 0.3 is 6.03 Å². The van der Waals surface area contributed by atoms with Crippen molar-refractivity contribution in [2.24, 2.45) is 0 Å². The molecule has 0 bridgehead atoms. The van der Waals surface area contributed by atoms with E-state index >= 15 is 0 Å². The largest absolute Gasteiger partial charge is 0.491 e. The minimum absolute atomic E-state index is 0.409. The van der Waals surface area contributed by atoms with Crippen molar-refractivity contribution in [3.63, 3.8) is 0 Å². The van der Waals surface area contributed by atoms with Crippen LogP contribution in [0, 0.1) is 0 Å². The number of unbranched alkanes of at least 4 members (excludes halogenated alkanes) is 4. The first-order valence-electron chi connectivity index (χ1n) is 18.2. The quantitative estimate of drug-likeness (QED) is 0.137. The first-order chi connectivity index (χ1) is 23.6. The number of nitrogens with zero attached hydrogens (tertiary/aromatic N) is 2. The van der Waals surface area contributed by atoms with E-state index in [1.54, 1.807) is 0 Å². The Bertz CT molecular complexity index is 1160. The number of urea groups is 1. The fourth-order valence-corrected chi connectivity index (χ4v) is 5.45. The Balaban J connectivity index is 1.65. The normalized spacial score (nSPS) is 14.8. The highest BCUT2D eigenvalue weighted by Crippen LogP contribution is 2.41. The van der Waals surface area contributed by atoms with Crippen LogP contribution in [0.2, 0.25) is 0 Å².